The van der Waals surface area contributed by atoms with E-state index in [1.165, 1.54) is 16.8 Å². The molecule has 16 heavy (non-hydrogen) atoms. The number of hydrogen-bond donors (Lipinski definition) is 1. The van der Waals surface area contributed by atoms with Gasteiger partial charge in [0.05, 0.1) is 12.7 Å². The van der Waals surface area contributed by atoms with Gasteiger partial charge in [0.1, 0.15) is 6.79 Å². The maximum absolute atomic E-state index is 5.48. The third kappa shape index (κ3) is 3.22. The Bertz CT molecular complexity index is 326. The van der Waals surface area contributed by atoms with Gasteiger partial charge in [-0.25, -0.2) is 0 Å². The molecule has 1 fully saturated rings. The Balaban J connectivity index is 1.88. The van der Waals surface area contributed by atoms with Crippen LogP contribution < -0.4 is 5.32 Å². The molecule has 1 aliphatic heterocycles. The van der Waals surface area contributed by atoms with Crippen molar-refractivity contribution in [1.82, 2.24) is 0 Å². The number of hydrogen-bond acceptors (Lipinski definition) is 3. The highest BCUT2D eigenvalue weighted by molar-refractivity contribution is 5.48. The van der Waals surface area contributed by atoms with Gasteiger partial charge in [-0.1, -0.05) is 6.07 Å². The highest BCUT2D eigenvalue weighted by atomic mass is 16.7. The lowest BCUT2D eigenvalue weighted by atomic mass is 10.1. The lowest BCUT2D eigenvalue weighted by Gasteiger charge is -2.23. The van der Waals surface area contributed by atoms with Gasteiger partial charge in [-0.05, 0) is 43.5 Å². The van der Waals surface area contributed by atoms with Gasteiger partial charge >= 0.3 is 0 Å². The molecule has 0 amide bonds. The average Bonchev–Trinajstić information content (AvgIpc) is 2.27. The summed E-state index contributed by atoms with van der Waals surface area (Å²) in [5.41, 5.74) is 3.75. The highest BCUT2D eigenvalue weighted by Crippen LogP contribution is 2.15. The topological polar surface area (TPSA) is 30.5 Å². The Hall–Kier alpha value is -1.06. The molecule has 0 aliphatic carbocycles. The van der Waals surface area contributed by atoms with Crippen LogP contribution in [0.5, 0.6) is 0 Å². The second kappa shape index (κ2) is 5.32. The molecule has 1 N–H and O–H groups in total. The molecule has 1 heterocycles. The van der Waals surface area contributed by atoms with E-state index >= 15 is 0 Å². The number of anilines is 1. The number of aryl methyl sites for hydroxylation is 2. The van der Waals surface area contributed by atoms with E-state index in [9.17, 15) is 0 Å². The largest absolute Gasteiger partial charge is 0.382 e. The Morgan fingerprint density at radius 1 is 1.25 bits per heavy atom. The van der Waals surface area contributed by atoms with Crippen LogP contribution in [-0.4, -0.2) is 26.0 Å². The Morgan fingerprint density at radius 3 is 2.62 bits per heavy atom. The van der Waals surface area contributed by atoms with Crippen molar-refractivity contribution in [2.24, 2.45) is 0 Å². The van der Waals surface area contributed by atoms with Crippen LogP contribution in [-0.2, 0) is 9.47 Å². The normalized spacial score (nSPS) is 20.8. The quantitative estimate of drug-likeness (QED) is 0.850. The summed E-state index contributed by atoms with van der Waals surface area (Å²) in [6.45, 7) is 6.32. The molecular weight excluding hydrogens is 202 g/mol. The van der Waals surface area contributed by atoms with Gasteiger partial charge in [-0.3, -0.25) is 0 Å². The summed E-state index contributed by atoms with van der Waals surface area (Å²) in [4.78, 5) is 0. The lowest BCUT2D eigenvalue weighted by molar-refractivity contribution is -0.133. The predicted octanol–water partition coefficient (Wildman–Crippen LogP) is 2.48. The molecule has 1 aliphatic rings. The third-order valence-electron chi connectivity index (χ3n) is 2.73. The van der Waals surface area contributed by atoms with Crippen LogP contribution >= 0.6 is 0 Å². The summed E-state index contributed by atoms with van der Waals surface area (Å²) in [6.07, 6.45) is 1.24. The van der Waals surface area contributed by atoms with Crippen LogP contribution in [0.1, 0.15) is 17.5 Å². The number of benzene rings is 1. The predicted molar refractivity (Wildman–Crippen MR) is 64.7 cm³/mol. The molecule has 0 radical (unpaired) electrons. The van der Waals surface area contributed by atoms with Crippen molar-refractivity contribution in [3.63, 3.8) is 0 Å². The second-order valence-corrected chi connectivity index (χ2v) is 4.36. The number of rotatable bonds is 3. The van der Waals surface area contributed by atoms with Crippen molar-refractivity contribution in [1.29, 1.82) is 0 Å². The van der Waals surface area contributed by atoms with E-state index in [1.54, 1.807) is 0 Å². The van der Waals surface area contributed by atoms with Gasteiger partial charge in [-0.15, -0.1) is 0 Å². The molecule has 1 aromatic carbocycles. The molecule has 1 aromatic rings. The summed E-state index contributed by atoms with van der Waals surface area (Å²) >= 11 is 0. The van der Waals surface area contributed by atoms with Gasteiger partial charge < -0.3 is 14.8 Å². The van der Waals surface area contributed by atoms with Gasteiger partial charge in [-0.2, -0.15) is 0 Å². The first-order valence-corrected chi connectivity index (χ1v) is 5.75. The van der Waals surface area contributed by atoms with E-state index in [1.807, 2.05) is 0 Å². The summed E-state index contributed by atoms with van der Waals surface area (Å²) in [5.74, 6) is 0. The SMILES string of the molecule is Cc1cc(C)cc(NCC2CCOCO2)c1. The molecule has 0 saturated carbocycles. The molecule has 1 unspecified atom stereocenters. The molecule has 1 atom stereocenters. The molecule has 0 spiro atoms. The maximum Gasteiger partial charge on any atom is 0.147 e. The Morgan fingerprint density at radius 2 is 2.00 bits per heavy atom. The minimum Gasteiger partial charge on any atom is -0.382 e. The van der Waals surface area contributed by atoms with E-state index in [0.29, 0.717) is 6.79 Å². The van der Waals surface area contributed by atoms with Crippen molar-refractivity contribution in [3.05, 3.63) is 29.3 Å². The third-order valence-corrected chi connectivity index (χ3v) is 2.73. The smallest absolute Gasteiger partial charge is 0.147 e. The van der Waals surface area contributed by atoms with E-state index in [2.05, 4.69) is 37.4 Å². The van der Waals surface area contributed by atoms with E-state index < -0.39 is 0 Å². The zero-order valence-corrected chi connectivity index (χ0v) is 9.95. The van der Waals surface area contributed by atoms with Crippen LogP contribution in [0.3, 0.4) is 0 Å². The molecule has 2 rings (SSSR count). The van der Waals surface area contributed by atoms with Crippen molar-refractivity contribution in [2.75, 3.05) is 25.3 Å². The molecule has 88 valence electrons. The first kappa shape index (κ1) is 11.4. The minimum atomic E-state index is 0.273. The van der Waals surface area contributed by atoms with Gasteiger partial charge in [0.25, 0.3) is 0 Å². The number of nitrogens with one attached hydrogen (secondary N) is 1. The summed E-state index contributed by atoms with van der Waals surface area (Å²) < 4.78 is 10.6. The standard InChI is InChI=1S/C13H19NO2/c1-10-5-11(2)7-12(6-10)14-8-13-3-4-15-9-16-13/h5-7,13-14H,3-4,8-9H2,1-2H3. The van der Waals surface area contributed by atoms with Gasteiger partial charge in [0.2, 0.25) is 0 Å². The molecule has 1 saturated heterocycles. The monoisotopic (exact) mass is 221 g/mol. The molecular formula is C13H19NO2. The zero-order chi connectivity index (χ0) is 11.4. The first-order valence-electron chi connectivity index (χ1n) is 5.75. The van der Waals surface area contributed by atoms with E-state index in [-0.39, 0.29) is 6.10 Å². The second-order valence-electron chi connectivity index (χ2n) is 4.36. The molecule has 0 aromatic heterocycles. The van der Waals surface area contributed by atoms with Crippen molar-refractivity contribution in [2.45, 2.75) is 26.4 Å². The van der Waals surface area contributed by atoms with Crippen molar-refractivity contribution < 1.29 is 9.47 Å². The lowest BCUT2D eigenvalue weighted by Crippen LogP contribution is -2.30. The fourth-order valence-corrected chi connectivity index (χ4v) is 1.97. The summed E-state index contributed by atoms with van der Waals surface area (Å²) in [7, 11) is 0. The van der Waals surface area contributed by atoms with E-state index in [0.717, 1.165) is 19.6 Å². The summed E-state index contributed by atoms with van der Waals surface area (Å²) in [5, 5.41) is 3.42. The molecule has 3 heteroatoms. The van der Waals surface area contributed by atoms with Crippen LogP contribution in [0.4, 0.5) is 5.69 Å². The maximum atomic E-state index is 5.48. The minimum absolute atomic E-state index is 0.273. The Kier molecular flexibility index (Phi) is 3.80. The first-order chi connectivity index (χ1) is 7.74. The molecule has 3 nitrogen and oxygen atoms in total. The van der Waals surface area contributed by atoms with Crippen molar-refractivity contribution in [3.8, 4) is 0 Å². The number of ether oxygens (including phenoxy) is 2. The fraction of sp³-hybridized carbons (Fsp3) is 0.538. The van der Waals surface area contributed by atoms with Gasteiger partial charge in [0.15, 0.2) is 0 Å². The van der Waals surface area contributed by atoms with Crippen LogP contribution in [0, 0.1) is 13.8 Å². The van der Waals surface area contributed by atoms with Crippen molar-refractivity contribution >= 4 is 5.69 Å². The van der Waals surface area contributed by atoms with Crippen LogP contribution in [0.25, 0.3) is 0 Å². The molecule has 0 bridgehead atoms. The Labute approximate surface area is 96.8 Å². The van der Waals surface area contributed by atoms with E-state index in [4.69, 9.17) is 9.47 Å². The van der Waals surface area contributed by atoms with Gasteiger partial charge in [0, 0.05) is 12.2 Å². The zero-order valence-electron chi connectivity index (χ0n) is 9.95. The fourth-order valence-electron chi connectivity index (χ4n) is 1.97. The van der Waals surface area contributed by atoms with Crippen LogP contribution in [0.2, 0.25) is 0 Å². The van der Waals surface area contributed by atoms with Crippen LogP contribution in [0.15, 0.2) is 18.2 Å². The average molecular weight is 221 g/mol. The summed E-state index contributed by atoms with van der Waals surface area (Å²) in [6, 6.07) is 6.49. The highest BCUT2D eigenvalue weighted by Gasteiger charge is 2.13.